The van der Waals surface area contributed by atoms with Crippen molar-refractivity contribution in [3.8, 4) is 0 Å². The zero-order valence-corrected chi connectivity index (χ0v) is 17.5. The van der Waals surface area contributed by atoms with Gasteiger partial charge in [0, 0.05) is 24.7 Å². The Labute approximate surface area is 161 Å². The second-order valence-corrected chi connectivity index (χ2v) is 9.14. The van der Waals surface area contributed by atoms with Gasteiger partial charge in [0.25, 0.3) is 0 Å². The Kier molecular flexibility index (Phi) is 6.61. The van der Waals surface area contributed by atoms with Crippen LogP contribution in [0.4, 0.5) is 4.79 Å². The fourth-order valence-electron chi connectivity index (χ4n) is 3.02. The molecule has 1 unspecified atom stereocenters. The molecule has 6 heteroatoms. The van der Waals surface area contributed by atoms with Crippen LogP contribution in [-0.4, -0.2) is 52.2 Å². The molecule has 1 aromatic carbocycles. The van der Waals surface area contributed by atoms with Gasteiger partial charge in [0.05, 0.1) is 5.75 Å². The molecule has 0 saturated carbocycles. The number of rotatable bonds is 5. The predicted octanol–water partition coefficient (Wildman–Crippen LogP) is 3.79. The molecule has 1 N–H and O–H groups in total. The van der Waals surface area contributed by atoms with Crippen molar-refractivity contribution in [2.24, 2.45) is 0 Å². The summed E-state index contributed by atoms with van der Waals surface area (Å²) in [5, 5.41) is 3.05. The van der Waals surface area contributed by atoms with Gasteiger partial charge in [-0.1, -0.05) is 24.3 Å². The minimum absolute atomic E-state index is 0.0309. The first-order valence-electron chi connectivity index (χ1n) is 9.15. The van der Waals surface area contributed by atoms with Gasteiger partial charge < -0.3 is 15.1 Å². The molecule has 0 radical (unpaired) electrons. The van der Waals surface area contributed by atoms with Crippen molar-refractivity contribution in [3.05, 3.63) is 35.4 Å². The Morgan fingerprint density at radius 2 is 2.00 bits per heavy atom. The third-order valence-corrected chi connectivity index (χ3v) is 5.61. The zero-order valence-electron chi connectivity index (χ0n) is 16.7. The summed E-state index contributed by atoms with van der Waals surface area (Å²) in [7, 11) is 0. The Bertz CT molecular complexity index is 655. The van der Waals surface area contributed by atoms with Gasteiger partial charge in [-0.2, -0.15) is 0 Å². The zero-order chi connectivity index (χ0) is 19.5. The van der Waals surface area contributed by atoms with Crippen molar-refractivity contribution in [1.82, 2.24) is 15.1 Å². The smallest absolute Gasteiger partial charge is 0.318 e. The topological polar surface area (TPSA) is 52.7 Å². The van der Waals surface area contributed by atoms with E-state index in [4.69, 9.17) is 0 Å². The Hall–Kier alpha value is -1.69. The average molecular weight is 378 g/mol. The van der Waals surface area contributed by atoms with Crippen LogP contribution >= 0.6 is 11.8 Å². The monoisotopic (exact) mass is 377 g/mol. The highest BCUT2D eigenvalue weighted by atomic mass is 32.2. The van der Waals surface area contributed by atoms with E-state index in [0.29, 0.717) is 18.8 Å². The summed E-state index contributed by atoms with van der Waals surface area (Å²) in [6.45, 7) is 13.1. The van der Waals surface area contributed by atoms with Crippen LogP contribution in [-0.2, 0) is 4.79 Å². The molecule has 1 aliphatic heterocycles. The average Bonchev–Trinajstić information content (AvgIpc) is 2.87. The summed E-state index contributed by atoms with van der Waals surface area (Å²) >= 11 is 1.66. The molecule has 0 aliphatic carbocycles. The van der Waals surface area contributed by atoms with Crippen LogP contribution in [0, 0.1) is 6.92 Å². The number of amides is 3. The van der Waals surface area contributed by atoms with Crippen LogP contribution in [0.2, 0.25) is 0 Å². The third-order valence-electron chi connectivity index (χ3n) is 4.37. The predicted molar refractivity (Wildman–Crippen MR) is 108 cm³/mol. The van der Waals surface area contributed by atoms with Crippen LogP contribution in [0.5, 0.6) is 0 Å². The number of hydrogen-bond acceptors (Lipinski definition) is 3. The summed E-state index contributed by atoms with van der Waals surface area (Å²) in [6.07, 6.45) is 0. The molecule has 1 atom stereocenters. The molecule has 1 fully saturated rings. The Morgan fingerprint density at radius 1 is 1.35 bits per heavy atom. The molecule has 5 nitrogen and oxygen atoms in total. The fourth-order valence-corrected chi connectivity index (χ4v) is 4.33. The SMILES string of the molecule is Cc1ccccc1C1SCC(=O)N1CCN(C(=O)NC(C)(C)C)C(C)C. The molecule has 0 bridgehead atoms. The lowest BCUT2D eigenvalue weighted by Crippen LogP contribution is -2.52. The molecule has 3 amide bonds. The van der Waals surface area contributed by atoms with Crippen LogP contribution in [0.15, 0.2) is 24.3 Å². The highest BCUT2D eigenvalue weighted by Gasteiger charge is 2.34. The second kappa shape index (κ2) is 8.33. The van der Waals surface area contributed by atoms with Crippen molar-refractivity contribution < 1.29 is 9.59 Å². The molecule has 0 spiro atoms. The van der Waals surface area contributed by atoms with Gasteiger partial charge in [0.15, 0.2) is 0 Å². The number of carbonyl (C=O) groups is 2. The van der Waals surface area contributed by atoms with Gasteiger partial charge in [-0.3, -0.25) is 4.79 Å². The minimum Gasteiger partial charge on any atom is -0.333 e. The number of nitrogens with one attached hydrogen (secondary N) is 1. The van der Waals surface area contributed by atoms with Crippen LogP contribution < -0.4 is 5.32 Å². The fraction of sp³-hybridized carbons (Fsp3) is 0.600. The first-order valence-corrected chi connectivity index (χ1v) is 10.2. The Balaban J connectivity index is 2.10. The number of nitrogens with zero attached hydrogens (tertiary/aromatic N) is 2. The normalized spacial score (nSPS) is 17.7. The molecular formula is C20H31N3O2S. The maximum atomic E-state index is 12.6. The standard InChI is InChI=1S/C20H31N3O2S/c1-14(2)22(19(25)21-20(4,5)6)11-12-23-17(24)13-26-18(23)16-10-8-7-9-15(16)3/h7-10,14,18H,11-13H2,1-6H3,(H,21,25). The quantitative estimate of drug-likeness (QED) is 0.849. The second-order valence-electron chi connectivity index (χ2n) is 8.07. The van der Waals surface area contributed by atoms with E-state index in [0.717, 1.165) is 0 Å². The molecular weight excluding hydrogens is 346 g/mol. The molecule has 1 saturated heterocycles. The minimum atomic E-state index is -0.284. The van der Waals surface area contributed by atoms with Gasteiger partial charge in [0.1, 0.15) is 5.37 Å². The molecule has 1 heterocycles. The molecule has 1 aliphatic rings. The van der Waals surface area contributed by atoms with Crippen LogP contribution in [0.25, 0.3) is 0 Å². The van der Waals surface area contributed by atoms with Crippen LogP contribution in [0.1, 0.15) is 51.1 Å². The third kappa shape index (κ3) is 5.16. The lowest BCUT2D eigenvalue weighted by molar-refractivity contribution is -0.128. The number of thioether (sulfide) groups is 1. The summed E-state index contributed by atoms with van der Waals surface area (Å²) < 4.78 is 0. The maximum Gasteiger partial charge on any atom is 0.318 e. The van der Waals surface area contributed by atoms with E-state index in [1.807, 2.05) is 51.7 Å². The van der Waals surface area contributed by atoms with Gasteiger partial charge in [-0.25, -0.2) is 4.79 Å². The van der Waals surface area contributed by atoms with Crippen LogP contribution in [0.3, 0.4) is 0 Å². The van der Waals surface area contributed by atoms with Gasteiger partial charge in [0.2, 0.25) is 5.91 Å². The summed E-state index contributed by atoms with van der Waals surface area (Å²) in [4.78, 5) is 28.7. The van der Waals surface area contributed by atoms with E-state index in [9.17, 15) is 9.59 Å². The highest BCUT2D eigenvalue weighted by Crippen LogP contribution is 2.39. The first-order chi connectivity index (χ1) is 12.1. The molecule has 0 aromatic heterocycles. The van der Waals surface area contributed by atoms with E-state index in [1.54, 1.807) is 16.7 Å². The van der Waals surface area contributed by atoms with E-state index in [1.165, 1.54) is 11.1 Å². The van der Waals surface area contributed by atoms with Gasteiger partial charge >= 0.3 is 6.03 Å². The van der Waals surface area contributed by atoms with Crippen molar-refractivity contribution >= 4 is 23.7 Å². The number of aryl methyl sites for hydroxylation is 1. The molecule has 144 valence electrons. The van der Waals surface area contributed by atoms with Crippen molar-refractivity contribution in [3.63, 3.8) is 0 Å². The highest BCUT2D eigenvalue weighted by molar-refractivity contribution is 8.00. The van der Waals surface area contributed by atoms with Gasteiger partial charge in [-0.15, -0.1) is 11.8 Å². The van der Waals surface area contributed by atoms with E-state index < -0.39 is 0 Å². The van der Waals surface area contributed by atoms with Crippen molar-refractivity contribution in [2.45, 2.75) is 58.5 Å². The summed E-state index contributed by atoms with van der Waals surface area (Å²) in [6, 6.07) is 8.18. The maximum absolute atomic E-state index is 12.6. The first kappa shape index (κ1) is 20.6. The Morgan fingerprint density at radius 3 is 2.58 bits per heavy atom. The number of benzene rings is 1. The van der Waals surface area contributed by atoms with Crippen molar-refractivity contribution in [1.29, 1.82) is 0 Å². The molecule has 26 heavy (non-hydrogen) atoms. The number of carbonyl (C=O) groups excluding carboxylic acids is 2. The van der Waals surface area contributed by atoms with E-state index in [2.05, 4.69) is 24.4 Å². The summed E-state index contributed by atoms with van der Waals surface area (Å²) in [5.41, 5.74) is 2.09. The van der Waals surface area contributed by atoms with E-state index in [-0.39, 0.29) is 28.9 Å². The lowest BCUT2D eigenvalue weighted by atomic mass is 10.1. The van der Waals surface area contributed by atoms with E-state index >= 15 is 0 Å². The molecule has 1 aromatic rings. The lowest BCUT2D eigenvalue weighted by Gasteiger charge is -2.33. The number of hydrogen-bond donors (Lipinski definition) is 1. The summed E-state index contributed by atoms with van der Waals surface area (Å²) in [5.74, 6) is 0.637. The molecule has 2 rings (SSSR count). The largest absolute Gasteiger partial charge is 0.333 e. The van der Waals surface area contributed by atoms with Gasteiger partial charge in [-0.05, 0) is 52.7 Å². The number of urea groups is 1. The van der Waals surface area contributed by atoms with Crippen molar-refractivity contribution in [2.75, 3.05) is 18.8 Å².